The van der Waals surface area contributed by atoms with E-state index in [-0.39, 0.29) is 5.91 Å². The van der Waals surface area contributed by atoms with Crippen molar-refractivity contribution in [2.45, 2.75) is 44.4 Å². The zero-order valence-electron chi connectivity index (χ0n) is 13.0. The van der Waals surface area contributed by atoms with E-state index in [1.807, 2.05) is 25.2 Å². The van der Waals surface area contributed by atoms with Crippen molar-refractivity contribution in [3.05, 3.63) is 41.9 Å². The maximum Gasteiger partial charge on any atom is 0.225 e. The fourth-order valence-electron chi connectivity index (χ4n) is 3.04. The summed E-state index contributed by atoms with van der Waals surface area (Å²) in [6.07, 6.45) is 9.70. The number of amides is 1. The van der Waals surface area contributed by atoms with Gasteiger partial charge in [0.05, 0.1) is 5.69 Å². The first-order valence-corrected chi connectivity index (χ1v) is 7.95. The lowest BCUT2D eigenvalue weighted by molar-refractivity contribution is -0.116. The number of rotatable bonds is 5. The molecule has 2 aromatic heterocycles. The van der Waals surface area contributed by atoms with E-state index < -0.39 is 0 Å². The number of aromatic nitrogens is 3. The summed E-state index contributed by atoms with van der Waals surface area (Å²) in [4.78, 5) is 16.1. The van der Waals surface area contributed by atoms with Gasteiger partial charge in [-0.3, -0.25) is 14.5 Å². The maximum absolute atomic E-state index is 12.1. The minimum absolute atomic E-state index is 0.0257. The van der Waals surface area contributed by atoms with E-state index in [1.165, 1.54) is 25.7 Å². The fourth-order valence-corrected chi connectivity index (χ4v) is 3.04. The highest BCUT2D eigenvalue weighted by Gasteiger charge is 2.21. The van der Waals surface area contributed by atoms with E-state index in [0.717, 1.165) is 23.5 Å². The van der Waals surface area contributed by atoms with E-state index in [1.54, 1.807) is 17.1 Å². The molecule has 0 spiro atoms. The van der Waals surface area contributed by atoms with Gasteiger partial charge in [0, 0.05) is 37.8 Å². The first kappa shape index (κ1) is 14.8. The van der Waals surface area contributed by atoms with Crippen LogP contribution in [0.4, 0.5) is 5.82 Å². The van der Waals surface area contributed by atoms with Gasteiger partial charge in [-0.15, -0.1) is 0 Å². The Bertz CT molecular complexity index is 629. The first-order chi connectivity index (χ1) is 10.7. The zero-order valence-corrected chi connectivity index (χ0v) is 13.0. The predicted molar refractivity (Wildman–Crippen MR) is 85.6 cm³/mol. The van der Waals surface area contributed by atoms with Crippen molar-refractivity contribution in [1.82, 2.24) is 14.8 Å². The van der Waals surface area contributed by atoms with Crippen LogP contribution in [0.15, 0.2) is 30.6 Å². The summed E-state index contributed by atoms with van der Waals surface area (Å²) in [5.41, 5.74) is 2.24. The lowest BCUT2D eigenvalue weighted by Crippen LogP contribution is -2.14. The van der Waals surface area contributed by atoms with Crippen LogP contribution in [0.3, 0.4) is 0 Å². The Hall–Kier alpha value is -2.17. The second kappa shape index (κ2) is 6.73. The molecule has 0 unspecified atom stereocenters. The molecule has 1 amide bonds. The van der Waals surface area contributed by atoms with Crippen LogP contribution in [0.1, 0.15) is 49.3 Å². The molecular formula is C17H22N4O. The number of pyridine rings is 1. The molecule has 0 bridgehead atoms. The van der Waals surface area contributed by atoms with Crippen molar-refractivity contribution in [3.63, 3.8) is 0 Å². The third kappa shape index (κ3) is 3.53. The van der Waals surface area contributed by atoms with Crippen molar-refractivity contribution in [2.24, 2.45) is 7.05 Å². The van der Waals surface area contributed by atoms with E-state index in [4.69, 9.17) is 0 Å². The maximum atomic E-state index is 12.1. The van der Waals surface area contributed by atoms with Gasteiger partial charge >= 0.3 is 0 Å². The summed E-state index contributed by atoms with van der Waals surface area (Å²) < 4.78 is 1.78. The van der Waals surface area contributed by atoms with Gasteiger partial charge in [0.2, 0.25) is 5.91 Å². The van der Waals surface area contributed by atoms with Gasteiger partial charge in [0.1, 0.15) is 5.82 Å². The molecule has 1 aliphatic rings. The number of aryl methyl sites for hydroxylation is 2. The number of carbonyl (C=O) groups is 1. The highest BCUT2D eigenvalue weighted by Crippen LogP contribution is 2.34. The van der Waals surface area contributed by atoms with Crippen LogP contribution in [0.2, 0.25) is 0 Å². The highest BCUT2D eigenvalue weighted by molar-refractivity contribution is 5.90. The number of hydrogen-bond acceptors (Lipinski definition) is 3. The number of nitrogens with one attached hydrogen (secondary N) is 1. The summed E-state index contributed by atoms with van der Waals surface area (Å²) in [5, 5.41) is 7.53. The van der Waals surface area contributed by atoms with Crippen LogP contribution in [0, 0.1) is 0 Å². The van der Waals surface area contributed by atoms with Gasteiger partial charge in [0.25, 0.3) is 0 Å². The number of nitrogens with zero attached hydrogens (tertiary/aromatic N) is 3. The topological polar surface area (TPSA) is 59.8 Å². The van der Waals surface area contributed by atoms with E-state index in [2.05, 4.69) is 15.4 Å². The smallest absolute Gasteiger partial charge is 0.225 e. The highest BCUT2D eigenvalue weighted by atomic mass is 16.1. The Morgan fingerprint density at radius 1 is 1.32 bits per heavy atom. The van der Waals surface area contributed by atoms with Crippen molar-refractivity contribution in [1.29, 1.82) is 0 Å². The van der Waals surface area contributed by atoms with Gasteiger partial charge in [0.15, 0.2) is 0 Å². The molecule has 116 valence electrons. The van der Waals surface area contributed by atoms with Crippen LogP contribution >= 0.6 is 0 Å². The van der Waals surface area contributed by atoms with Crippen LogP contribution in [0.5, 0.6) is 0 Å². The molecule has 1 saturated carbocycles. The Labute approximate surface area is 130 Å². The Morgan fingerprint density at radius 3 is 2.77 bits per heavy atom. The minimum Gasteiger partial charge on any atom is -0.311 e. The molecule has 2 aromatic rings. The predicted octanol–water partition coefficient (Wildman–Crippen LogP) is 3.04. The third-order valence-corrected chi connectivity index (χ3v) is 4.33. The molecule has 1 N–H and O–H groups in total. The molecule has 2 heterocycles. The molecule has 1 fully saturated rings. The monoisotopic (exact) mass is 298 g/mol. The summed E-state index contributed by atoms with van der Waals surface area (Å²) in [5.74, 6) is 1.38. The summed E-state index contributed by atoms with van der Waals surface area (Å²) >= 11 is 0. The minimum atomic E-state index is 0.0257. The molecular weight excluding hydrogens is 276 g/mol. The number of carbonyl (C=O) groups excluding carboxylic acids is 1. The molecule has 5 nitrogen and oxygen atoms in total. The van der Waals surface area contributed by atoms with Gasteiger partial charge in [-0.25, -0.2) is 0 Å². The largest absolute Gasteiger partial charge is 0.311 e. The fraction of sp³-hybridized carbons (Fsp3) is 0.471. The average Bonchev–Trinajstić information content (AvgIpc) is 3.17. The molecule has 1 aliphatic carbocycles. The quantitative estimate of drug-likeness (QED) is 0.923. The molecule has 0 saturated heterocycles. The van der Waals surface area contributed by atoms with Crippen molar-refractivity contribution < 1.29 is 4.79 Å². The molecule has 0 aliphatic heterocycles. The van der Waals surface area contributed by atoms with Gasteiger partial charge in [-0.2, -0.15) is 5.10 Å². The summed E-state index contributed by atoms with van der Waals surface area (Å²) in [6.45, 7) is 0. The summed E-state index contributed by atoms with van der Waals surface area (Å²) in [7, 11) is 1.89. The van der Waals surface area contributed by atoms with E-state index in [9.17, 15) is 4.79 Å². The van der Waals surface area contributed by atoms with Crippen LogP contribution < -0.4 is 5.32 Å². The van der Waals surface area contributed by atoms with Crippen molar-refractivity contribution >= 4 is 11.7 Å². The molecule has 22 heavy (non-hydrogen) atoms. The Kier molecular flexibility index (Phi) is 4.51. The lowest BCUT2D eigenvalue weighted by Gasteiger charge is -2.05. The Morgan fingerprint density at radius 2 is 2.05 bits per heavy atom. The van der Waals surface area contributed by atoms with Gasteiger partial charge in [-0.05, 0) is 37.0 Å². The molecule has 0 radical (unpaired) electrons. The van der Waals surface area contributed by atoms with Crippen LogP contribution in [-0.4, -0.2) is 20.7 Å². The molecule has 3 rings (SSSR count). The van der Waals surface area contributed by atoms with Gasteiger partial charge in [-0.1, -0.05) is 12.8 Å². The standard InChI is InChI=1S/C17H22N4O/c1-21-16(12-15(20-21)14-4-2-3-5-14)19-17(22)7-6-13-8-10-18-11-9-13/h8-12,14H,2-7H2,1H3,(H,19,22). The lowest BCUT2D eigenvalue weighted by atomic mass is 10.0. The third-order valence-electron chi connectivity index (χ3n) is 4.33. The Balaban J connectivity index is 1.57. The van der Waals surface area contributed by atoms with Crippen LogP contribution in [0.25, 0.3) is 0 Å². The SMILES string of the molecule is Cn1nc(C2CCCC2)cc1NC(=O)CCc1ccncc1. The first-order valence-electron chi connectivity index (χ1n) is 7.95. The van der Waals surface area contributed by atoms with E-state index in [0.29, 0.717) is 12.3 Å². The zero-order chi connectivity index (χ0) is 15.4. The van der Waals surface area contributed by atoms with Crippen molar-refractivity contribution in [3.8, 4) is 0 Å². The van der Waals surface area contributed by atoms with Crippen molar-refractivity contribution in [2.75, 3.05) is 5.32 Å². The number of hydrogen-bond donors (Lipinski definition) is 1. The second-order valence-electron chi connectivity index (χ2n) is 5.96. The summed E-state index contributed by atoms with van der Waals surface area (Å²) in [6, 6.07) is 5.91. The average molecular weight is 298 g/mol. The van der Waals surface area contributed by atoms with Crippen LogP contribution in [-0.2, 0) is 18.3 Å². The second-order valence-corrected chi connectivity index (χ2v) is 5.96. The van der Waals surface area contributed by atoms with Gasteiger partial charge < -0.3 is 5.32 Å². The molecule has 0 atom stereocenters. The molecule has 5 heteroatoms. The number of anilines is 1. The van der Waals surface area contributed by atoms with E-state index >= 15 is 0 Å². The normalized spacial score (nSPS) is 15.1. The molecule has 0 aromatic carbocycles.